The SMILES string of the molecule is CCNC(=O)NC(Cc1ccc2c(N)ncnc2c1)C1CN(Cc2cc3cc(Cl)ccc3[nH]2)CC(=O)N1. The van der Waals surface area contributed by atoms with Gasteiger partial charge in [-0.3, -0.25) is 9.69 Å². The number of carbonyl (C=O) groups excluding carboxylic acids is 2. The number of nitrogens with two attached hydrogens (primary N) is 1. The van der Waals surface area contributed by atoms with Gasteiger partial charge in [0.25, 0.3) is 0 Å². The fraction of sp³-hybridized carbons (Fsp3) is 0.308. The molecule has 11 heteroatoms. The second-order valence-electron chi connectivity index (χ2n) is 9.29. The first-order valence-electron chi connectivity index (χ1n) is 12.2. The summed E-state index contributed by atoms with van der Waals surface area (Å²) >= 11 is 6.13. The molecule has 10 nitrogen and oxygen atoms in total. The van der Waals surface area contributed by atoms with Crippen LogP contribution in [0.25, 0.3) is 21.8 Å². The number of nitrogens with one attached hydrogen (secondary N) is 4. The molecule has 2 unspecified atom stereocenters. The van der Waals surface area contributed by atoms with Gasteiger partial charge in [0.1, 0.15) is 12.1 Å². The van der Waals surface area contributed by atoms with Gasteiger partial charge in [-0.2, -0.15) is 0 Å². The number of fused-ring (bicyclic) bond motifs is 2. The van der Waals surface area contributed by atoms with Crippen molar-refractivity contribution in [3.63, 3.8) is 0 Å². The Balaban J connectivity index is 1.36. The first kappa shape index (κ1) is 24.8. The number of urea groups is 1. The number of carbonyl (C=O) groups is 2. The van der Waals surface area contributed by atoms with Crippen LogP contribution in [0.5, 0.6) is 0 Å². The number of H-pyrrole nitrogens is 1. The summed E-state index contributed by atoms with van der Waals surface area (Å²) in [6.07, 6.45) is 1.93. The molecule has 4 aromatic rings. The van der Waals surface area contributed by atoms with E-state index in [0.717, 1.165) is 33.1 Å². The molecule has 2 atom stereocenters. The van der Waals surface area contributed by atoms with Crippen LogP contribution in [0.3, 0.4) is 0 Å². The van der Waals surface area contributed by atoms with Gasteiger partial charge in [-0.05, 0) is 55.3 Å². The molecule has 192 valence electrons. The van der Waals surface area contributed by atoms with E-state index in [1.807, 2.05) is 43.3 Å². The third-order valence-corrected chi connectivity index (χ3v) is 6.76. The smallest absolute Gasteiger partial charge is 0.315 e. The molecule has 0 bridgehead atoms. The van der Waals surface area contributed by atoms with E-state index in [9.17, 15) is 9.59 Å². The number of nitrogen functional groups attached to an aromatic ring is 1. The molecule has 0 spiro atoms. The number of nitrogens with zero attached hydrogens (tertiary/aromatic N) is 3. The van der Waals surface area contributed by atoms with Gasteiger partial charge < -0.3 is 26.7 Å². The van der Waals surface area contributed by atoms with Gasteiger partial charge >= 0.3 is 6.03 Å². The molecule has 0 aliphatic carbocycles. The van der Waals surface area contributed by atoms with E-state index < -0.39 is 0 Å². The lowest BCUT2D eigenvalue weighted by atomic mass is 9.96. The van der Waals surface area contributed by atoms with Crippen molar-refractivity contribution in [1.29, 1.82) is 0 Å². The molecule has 6 N–H and O–H groups in total. The van der Waals surface area contributed by atoms with Gasteiger partial charge in [-0.15, -0.1) is 0 Å². The van der Waals surface area contributed by atoms with Crippen molar-refractivity contribution in [1.82, 2.24) is 35.8 Å². The minimum atomic E-state index is -0.351. The zero-order valence-electron chi connectivity index (χ0n) is 20.4. The Kier molecular flexibility index (Phi) is 7.11. The van der Waals surface area contributed by atoms with Crippen LogP contribution in [0.2, 0.25) is 5.02 Å². The predicted molar refractivity (Wildman–Crippen MR) is 144 cm³/mol. The van der Waals surface area contributed by atoms with Crippen molar-refractivity contribution < 1.29 is 9.59 Å². The van der Waals surface area contributed by atoms with E-state index in [0.29, 0.717) is 36.9 Å². The Morgan fingerprint density at radius 3 is 2.95 bits per heavy atom. The van der Waals surface area contributed by atoms with Crippen LogP contribution in [0.4, 0.5) is 10.6 Å². The van der Waals surface area contributed by atoms with Crippen molar-refractivity contribution in [3.05, 3.63) is 65.1 Å². The standard InChI is InChI=1S/C26H29ClN8O2/c1-2-29-26(37)34-22(8-15-3-5-19-21(7-15)30-14-31-25(19)28)23-12-35(13-24(36)33-23)11-18-10-16-9-17(27)4-6-20(16)32-18/h3-7,9-10,14,22-23,32H,2,8,11-13H2,1H3,(H,33,36)(H2,28,30,31)(H2,29,34,37). The van der Waals surface area contributed by atoms with Crippen LogP contribution in [-0.4, -0.2) is 63.5 Å². The van der Waals surface area contributed by atoms with E-state index >= 15 is 0 Å². The van der Waals surface area contributed by atoms with Gasteiger partial charge in [0.05, 0.1) is 24.1 Å². The van der Waals surface area contributed by atoms with Crippen LogP contribution in [0.1, 0.15) is 18.2 Å². The fourth-order valence-electron chi connectivity index (χ4n) is 4.86. The molecule has 0 radical (unpaired) electrons. The number of anilines is 1. The summed E-state index contributed by atoms with van der Waals surface area (Å²) in [5.74, 6) is 0.333. The van der Waals surface area contributed by atoms with E-state index in [1.165, 1.54) is 6.33 Å². The molecule has 2 aromatic heterocycles. The number of piperazine rings is 1. The fourth-order valence-corrected chi connectivity index (χ4v) is 5.04. The number of amides is 3. The molecule has 3 heterocycles. The van der Waals surface area contributed by atoms with Gasteiger partial charge in [0.15, 0.2) is 0 Å². The Morgan fingerprint density at radius 2 is 2.11 bits per heavy atom. The van der Waals surface area contributed by atoms with Crippen molar-refractivity contribution in [3.8, 4) is 0 Å². The Morgan fingerprint density at radius 1 is 1.24 bits per heavy atom. The lowest BCUT2D eigenvalue weighted by Crippen LogP contribution is -2.63. The van der Waals surface area contributed by atoms with E-state index in [1.54, 1.807) is 0 Å². The molecule has 0 saturated carbocycles. The second-order valence-corrected chi connectivity index (χ2v) is 9.73. The summed E-state index contributed by atoms with van der Waals surface area (Å²) < 4.78 is 0. The number of aromatic amines is 1. The lowest BCUT2D eigenvalue weighted by molar-refractivity contribution is -0.126. The number of hydrogen-bond acceptors (Lipinski definition) is 6. The average molecular weight is 521 g/mol. The first-order chi connectivity index (χ1) is 17.9. The van der Waals surface area contributed by atoms with E-state index in [2.05, 4.69) is 41.9 Å². The normalized spacial score (nSPS) is 17.0. The minimum absolute atomic E-state index is 0.0860. The van der Waals surface area contributed by atoms with Gasteiger partial charge in [0, 0.05) is 46.6 Å². The molecule has 3 amide bonds. The van der Waals surface area contributed by atoms with Crippen LogP contribution >= 0.6 is 11.6 Å². The van der Waals surface area contributed by atoms with Crippen molar-refractivity contribution in [2.24, 2.45) is 0 Å². The first-order valence-corrected chi connectivity index (χ1v) is 12.6. The molecule has 1 saturated heterocycles. The zero-order valence-corrected chi connectivity index (χ0v) is 21.2. The lowest BCUT2D eigenvalue weighted by Gasteiger charge is -2.37. The number of aromatic nitrogens is 3. The monoisotopic (exact) mass is 520 g/mol. The number of hydrogen-bond donors (Lipinski definition) is 5. The number of rotatable bonds is 7. The third-order valence-electron chi connectivity index (χ3n) is 6.53. The Labute approximate surface area is 219 Å². The highest BCUT2D eigenvalue weighted by atomic mass is 35.5. The topological polar surface area (TPSA) is 141 Å². The molecule has 1 fully saturated rings. The average Bonchev–Trinajstić information content (AvgIpc) is 3.24. The van der Waals surface area contributed by atoms with Crippen LogP contribution in [0, 0.1) is 0 Å². The summed E-state index contributed by atoms with van der Waals surface area (Å²) in [5, 5.41) is 11.4. The predicted octanol–water partition coefficient (Wildman–Crippen LogP) is 2.58. The van der Waals surface area contributed by atoms with Crippen molar-refractivity contribution >= 4 is 51.2 Å². The molecular formula is C26H29ClN8O2. The maximum atomic E-state index is 12.7. The van der Waals surface area contributed by atoms with Crippen LogP contribution in [-0.2, 0) is 17.8 Å². The summed E-state index contributed by atoms with van der Waals surface area (Å²) in [4.78, 5) is 39.1. The zero-order chi connectivity index (χ0) is 25.9. The molecular weight excluding hydrogens is 492 g/mol. The third kappa shape index (κ3) is 5.76. The van der Waals surface area contributed by atoms with Gasteiger partial charge in [0.2, 0.25) is 5.91 Å². The van der Waals surface area contributed by atoms with E-state index in [-0.39, 0.29) is 30.6 Å². The van der Waals surface area contributed by atoms with Gasteiger partial charge in [-0.25, -0.2) is 14.8 Å². The largest absolute Gasteiger partial charge is 0.383 e. The quantitative estimate of drug-likeness (QED) is 0.253. The summed E-state index contributed by atoms with van der Waals surface area (Å²) in [5.41, 5.74) is 9.65. The number of benzene rings is 2. The summed E-state index contributed by atoms with van der Waals surface area (Å²) in [6, 6.07) is 12.6. The van der Waals surface area contributed by atoms with Crippen molar-refractivity contribution in [2.45, 2.75) is 32.0 Å². The summed E-state index contributed by atoms with van der Waals surface area (Å²) in [6.45, 7) is 3.77. The van der Waals surface area contributed by atoms with Gasteiger partial charge in [-0.1, -0.05) is 17.7 Å². The maximum absolute atomic E-state index is 12.7. The molecule has 1 aliphatic heterocycles. The van der Waals surface area contributed by atoms with Crippen LogP contribution < -0.4 is 21.7 Å². The molecule has 37 heavy (non-hydrogen) atoms. The number of halogens is 1. The highest BCUT2D eigenvalue weighted by Gasteiger charge is 2.32. The Bertz CT molecular complexity index is 1460. The maximum Gasteiger partial charge on any atom is 0.315 e. The highest BCUT2D eigenvalue weighted by Crippen LogP contribution is 2.22. The minimum Gasteiger partial charge on any atom is -0.383 e. The molecule has 2 aromatic carbocycles. The molecule has 1 aliphatic rings. The Hall–Kier alpha value is -3.89. The second kappa shape index (κ2) is 10.6. The van der Waals surface area contributed by atoms with Crippen molar-refractivity contribution in [2.75, 3.05) is 25.4 Å². The molecule has 5 rings (SSSR count). The van der Waals surface area contributed by atoms with Crippen LogP contribution in [0.15, 0.2) is 48.8 Å². The van der Waals surface area contributed by atoms with E-state index in [4.69, 9.17) is 17.3 Å². The highest BCUT2D eigenvalue weighted by molar-refractivity contribution is 6.31. The summed E-state index contributed by atoms with van der Waals surface area (Å²) in [7, 11) is 0.